The number of aromatic nitrogens is 2. The van der Waals surface area contributed by atoms with Gasteiger partial charge in [-0.05, 0) is 62.2 Å². The number of rotatable bonds is 7. The first-order valence-electron chi connectivity index (χ1n) is 10.4. The van der Waals surface area contributed by atoms with Gasteiger partial charge in [0.1, 0.15) is 6.54 Å². The second-order valence-corrected chi connectivity index (χ2v) is 7.43. The normalized spacial score (nSPS) is 10.8. The molecular weight excluding hydrogens is 388 g/mol. The van der Waals surface area contributed by atoms with Gasteiger partial charge in [-0.3, -0.25) is 9.48 Å². The molecule has 31 heavy (non-hydrogen) atoms. The predicted molar refractivity (Wildman–Crippen MR) is 125 cm³/mol. The standard InChI is InChI=1S/C25H26N4O2/c1-4-31-23(30)16-29-22-15-20(26-19-11-6-5-7-12-19)13-14-21(22)25(28-29)27-24-17(2)9-8-10-18(24)3/h5-15,26H,4,16H2,1-3H3,(H,27,28). The summed E-state index contributed by atoms with van der Waals surface area (Å²) in [5.41, 5.74) is 6.06. The highest BCUT2D eigenvalue weighted by Crippen LogP contribution is 2.31. The molecule has 0 radical (unpaired) electrons. The van der Waals surface area contributed by atoms with Gasteiger partial charge in [-0.1, -0.05) is 36.4 Å². The average Bonchev–Trinajstić information content (AvgIpc) is 3.08. The molecule has 1 heterocycles. The van der Waals surface area contributed by atoms with E-state index in [0.717, 1.165) is 39.1 Å². The molecule has 0 bridgehead atoms. The smallest absolute Gasteiger partial charge is 0.327 e. The minimum absolute atomic E-state index is 0.0492. The number of carbonyl (C=O) groups excluding carboxylic acids is 1. The van der Waals surface area contributed by atoms with Crippen molar-refractivity contribution in [3.8, 4) is 0 Å². The van der Waals surface area contributed by atoms with Gasteiger partial charge < -0.3 is 15.4 Å². The zero-order valence-corrected chi connectivity index (χ0v) is 18.0. The summed E-state index contributed by atoms with van der Waals surface area (Å²) in [7, 11) is 0. The third-order valence-electron chi connectivity index (χ3n) is 5.12. The molecule has 0 aliphatic heterocycles. The van der Waals surface area contributed by atoms with Gasteiger partial charge in [0.15, 0.2) is 5.82 Å². The highest BCUT2D eigenvalue weighted by Gasteiger charge is 2.16. The zero-order valence-electron chi connectivity index (χ0n) is 18.0. The Hall–Kier alpha value is -3.80. The molecule has 158 valence electrons. The lowest BCUT2D eigenvalue weighted by Crippen LogP contribution is -2.14. The number of esters is 1. The van der Waals surface area contributed by atoms with Crippen LogP contribution in [-0.4, -0.2) is 22.4 Å². The van der Waals surface area contributed by atoms with Gasteiger partial charge in [-0.15, -0.1) is 0 Å². The largest absolute Gasteiger partial charge is 0.465 e. The molecule has 4 aromatic rings. The lowest BCUT2D eigenvalue weighted by molar-refractivity contribution is -0.143. The van der Waals surface area contributed by atoms with Crippen LogP contribution in [0.25, 0.3) is 10.9 Å². The number of nitrogens with one attached hydrogen (secondary N) is 2. The number of carbonyl (C=O) groups is 1. The fraction of sp³-hybridized carbons (Fsp3) is 0.200. The first-order valence-corrected chi connectivity index (χ1v) is 10.4. The van der Waals surface area contributed by atoms with Crippen LogP contribution in [0, 0.1) is 13.8 Å². The summed E-state index contributed by atoms with van der Waals surface area (Å²) in [6.07, 6.45) is 0. The van der Waals surface area contributed by atoms with Gasteiger partial charge in [0.05, 0.1) is 12.1 Å². The second-order valence-electron chi connectivity index (χ2n) is 7.43. The molecule has 0 aliphatic carbocycles. The first-order chi connectivity index (χ1) is 15.0. The maximum Gasteiger partial charge on any atom is 0.327 e. The van der Waals surface area contributed by atoms with Gasteiger partial charge in [0.25, 0.3) is 0 Å². The number of hydrogen-bond acceptors (Lipinski definition) is 5. The third-order valence-corrected chi connectivity index (χ3v) is 5.12. The van der Waals surface area contributed by atoms with E-state index in [1.165, 1.54) is 0 Å². The van der Waals surface area contributed by atoms with E-state index in [0.29, 0.717) is 12.4 Å². The van der Waals surface area contributed by atoms with Crippen molar-refractivity contribution in [1.29, 1.82) is 0 Å². The van der Waals surface area contributed by atoms with E-state index in [2.05, 4.69) is 36.6 Å². The molecule has 4 rings (SSSR count). The van der Waals surface area contributed by atoms with E-state index in [4.69, 9.17) is 9.84 Å². The first kappa shape index (κ1) is 20.5. The second kappa shape index (κ2) is 8.92. The van der Waals surface area contributed by atoms with E-state index >= 15 is 0 Å². The third kappa shape index (κ3) is 4.53. The molecule has 3 aromatic carbocycles. The number of para-hydroxylation sites is 2. The van der Waals surface area contributed by atoms with Crippen molar-refractivity contribution in [2.75, 3.05) is 17.2 Å². The highest BCUT2D eigenvalue weighted by molar-refractivity contribution is 5.95. The summed E-state index contributed by atoms with van der Waals surface area (Å²) in [6, 6.07) is 22.2. The van der Waals surface area contributed by atoms with E-state index in [1.807, 2.05) is 54.6 Å². The highest BCUT2D eigenvalue weighted by atomic mass is 16.5. The van der Waals surface area contributed by atoms with Crippen molar-refractivity contribution in [1.82, 2.24) is 9.78 Å². The van der Waals surface area contributed by atoms with Crippen LogP contribution in [0.3, 0.4) is 0 Å². The lowest BCUT2D eigenvalue weighted by Gasteiger charge is -2.11. The maximum absolute atomic E-state index is 12.2. The van der Waals surface area contributed by atoms with Crippen molar-refractivity contribution in [2.24, 2.45) is 0 Å². The summed E-state index contributed by atoms with van der Waals surface area (Å²) < 4.78 is 6.84. The number of fused-ring (bicyclic) bond motifs is 1. The van der Waals surface area contributed by atoms with E-state index in [9.17, 15) is 4.79 Å². The number of nitrogens with zero attached hydrogens (tertiary/aromatic N) is 2. The van der Waals surface area contributed by atoms with E-state index in [1.54, 1.807) is 11.6 Å². The molecule has 0 unspecified atom stereocenters. The van der Waals surface area contributed by atoms with Crippen LogP contribution in [0.5, 0.6) is 0 Å². The van der Waals surface area contributed by atoms with Gasteiger partial charge in [0, 0.05) is 22.4 Å². The molecular formula is C25H26N4O2. The minimum Gasteiger partial charge on any atom is -0.465 e. The number of hydrogen-bond donors (Lipinski definition) is 2. The Labute approximate surface area is 181 Å². The Kier molecular flexibility index (Phi) is 5.89. The van der Waals surface area contributed by atoms with Crippen LogP contribution >= 0.6 is 0 Å². The lowest BCUT2D eigenvalue weighted by atomic mass is 10.1. The summed E-state index contributed by atoms with van der Waals surface area (Å²) in [5, 5.41) is 12.5. The van der Waals surface area contributed by atoms with Crippen molar-refractivity contribution in [3.05, 3.63) is 77.9 Å². The van der Waals surface area contributed by atoms with Gasteiger partial charge in [-0.25, -0.2) is 0 Å². The molecule has 1 aromatic heterocycles. The van der Waals surface area contributed by atoms with Crippen LogP contribution in [0.15, 0.2) is 66.7 Å². The molecule has 0 fully saturated rings. The number of anilines is 4. The van der Waals surface area contributed by atoms with Crippen LogP contribution in [0.2, 0.25) is 0 Å². The summed E-state index contributed by atoms with van der Waals surface area (Å²) in [6.45, 7) is 6.32. The fourth-order valence-corrected chi connectivity index (χ4v) is 3.61. The monoisotopic (exact) mass is 414 g/mol. The Morgan fingerprint density at radius 1 is 0.935 bits per heavy atom. The Balaban J connectivity index is 1.75. The molecule has 2 N–H and O–H groups in total. The summed E-state index contributed by atoms with van der Waals surface area (Å²) in [5.74, 6) is 0.398. The molecule has 6 heteroatoms. The van der Waals surface area contributed by atoms with Crippen molar-refractivity contribution in [2.45, 2.75) is 27.3 Å². The van der Waals surface area contributed by atoms with Crippen LogP contribution in [-0.2, 0) is 16.1 Å². The van der Waals surface area contributed by atoms with Crippen LogP contribution < -0.4 is 10.6 Å². The summed E-state index contributed by atoms with van der Waals surface area (Å²) >= 11 is 0. The molecule has 0 atom stereocenters. The molecule has 6 nitrogen and oxygen atoms in total. The SMILES string of the molecule is CCOC(=O)Cn1nc(Nc2c(C)cccc2C)c2ccc(Nc3ccccc3)cc21. The molecule has 0 amide bonds. The quantitative estimate of drug-likeness (QED) is 0.380. The minimum atomic E-state index is -0.313. The van der Waals surface area contributed by atoms with Crippen molar-refractivity contribution >= 4 is 39.8 Å². The van der Waals surface area contributed by atoms with E-state index in [-0.39, 0.29) is 12.5 Å². The van der Waals surface area contributed by atoms with Gasteiger partial charge in [0.2, 0.25) is 0 Å². The molecule has 0 saturated heterocycles. The Morgan fingerprint density at radius 3 is 2.39 bits per heavy atom. The topological polar surface area (TPSA) is 68.2 Å². The number of aryl methyl sites for hydroxylation is 2. The number of benzene rings is 3. The predicted octanol–water partition coefficient (Wildman–Crippen LogP) is 5.70. The number of ether oxygens (including phenoxy) is 1. The van der Waals surface area contributed by atoms with Crippen LogP contribution in [0.1, 0.15) is 18.1 Å². The Bertz CT molecular complexity index is 1190. The van der Waals surface area contributed by atoms with Crippen LogP contribution in [0.4, 0.5) is 22.9 Å². The molecule has 0 spiro atoms. The van der Waals surface area contributed by atoms with Crippen molar-refractivity contribution in [3.63, 3.8) is 0 Å². The van der Waals surface area contributed by atoms with Crippen molar-refractivity contribution < 1.29 is 9.53 Å². The average molecular weight is 415 g/mol. The van der Waals surface area contributed by atoms with Gasteiger partial charge >= 0.3 is 5.97 Å². The fourth-order valence-electron chi connectivity index (χ4n) is 3.61. The van der Waals surface area contributed by atoms with E-state index < -0.39 is 0 Å². The summed E-state index contributed by atoms with van der Waals surface area (Å²) in [4.78, 5) is 12.2. The molecule has 0 aliphatic rings. The molecule has 0 saturated carbocycles. The van der Waals surface area contributed by atoms with Gasteiger partial charge in [-0.2, -0.15) is 5.10 Å². The zero-order chi connectivity index (χ0) is 21.8. The Morgan fingerprint density at radius 2 is 1.68 bits per heavy atom. The maximum atomic E-state index is 12.2.